The van der Waals surface area contributed by atoms with Crippen LogP contribution in [-0.4, -0.2) is 30.8 Å². The molecule has 1 amide bonds. The van der Waals surface area contributed by atoms with E-state index in [1.165, 1.54) is 18.9 Å². The fourth-order valence-corrected chi connectivity index (χ4v) is 2.70. The molecule has 0 saturated heterocycles. The van der Waals surface area contributed by atoms with E-state index in [-0.39, 0.29) is 11.9 Å². The van der Waals surface area contributed by atoms with Crippen molar-refractivity contribution in [1.29, 1.82) is 0 Å². The van der Waals surface area contributed by atoms with Crippen molar-refractivity contribution in [1.82, 2.24) is 0 Å². The summed E-state index contributed by atoms with van der Waals surface area (Å²) in [7, 11) is 1.37. The van der Waals surface area contributed by atoms with Crippen LogP contribution in [0.5, 0.6) is 0 Å². The highest BCUT2D eigenvalue weighted by molar-refractivity contribution is 7.99. The summed E-state index contributed by atoms with van der Waals surface area (Å²) in [5.74, 6) is 0.951. The molecule has 1 aromatic carbocycles. The zero-order chi connectivity index (χ0) is 16.5. The number of carbonyl (C=O) groups excluding carboxylic acids is 2. The van der Waals surface area contributed by atoms with E-state index < -0.39 is 6.04 Å². The van der Waals surface area contributed by atoms with E-state index in [1.807, 2.05) is 38.1 Å². The van der Waals surface area contributed by atoms with Crippen molar-refractivity contribution in [3.63, 3.8) is 0 Å². The fraction of sp³-hybridized carbons (Fsp3) is 0.500. The number of anilines is 1. The molecular formula is C16H24N2O3S. The summed E-state index contributed by atoms with van der Waals surface area (Å²) >= 11 is 1.47. The number of benzene rings is 1. The van der Waals surface area contributed by atoms with Gasteiger partial charge in [-0.05, 0) is 30.0 Å². The van der Waals surface area contributed by atoms with Crippen LogP contribution < -0.4 is 11.1 Å². The van der Waals surface area contributed by atoms with Gasteiger partial charge in [-0.15, -0.1) is 11.8 Å². The van der Waals surface area contributed by atoms with Crippen molar-refractivity contribution < 1.29 is 14.3 Å². The molecule has 0 unspecified atom stereocenters. The maximum Gasteiger partial charge on any atom is 0.315 e. The van der Waals surface area contributed by atoms with Crippen molar-refractivity contribution in [2.75, 3.05) is 18.2 Å². The summed E-state index contributed by atoms with van der Waals surface area (Å²) < 4.78 is 4.59. The Hall–Kier alpha value is -1.53. The molecule has 0 aliphatic carbocycles. The number of nitrogens with two attached hydrogens (primary N) is 1. The molecule has 5 nitrogen and oxygen atoms in total. The summed E-state index contributed by atoms with van der Waals surface area (Å²) in [5.41, 5.74) is 7.62. The van der Waals surface area contributed by atoms with E-state index in [2.05, 4.69) is 10.1 Å². The van der Waals surface area contributed by atoms with E-state index >= 15 is 0 Å². The number of amides is 1. The lowest BCUT2D eigenvalue weighted by Crippen LogP contribution is -2.36. The number of rotatable bonds is 8. The van der Waals surface area contributed by atoms with E-state index in [9.17, 15) is 9.59 Å². The standard InChI is InChI=1S/C16H24N2O3S/c1-11(2)7-14(17)16(20)18-13-6-4-5-12(8-13)9-22-10-15(19)21-3/h4-6,8,11,14H,7,9-10,17H2,1-3H3,(H,18,20)/t14-/m0/s1. The molecule has 0 bridgehead atoms. The lowest BCUT2D eigenvalue weighted by molar-refractivity contribution is -0.137. The molecule has 6 heteroatoms. The summed E-state index contributed by atoms with van der Waals surface area (Å²) in [6.45, 7) is 4.07. The number of esters is 1. The highest BCUT2D eigenvalue weighted by Gasteiger charge is 2.15. The lowest BCUT2D eigenvalue weighted by atomic mass is 10.0. The van der Waals surface area contributed by atoms with Crippen LogP contribution in [0.4, 0.5) is 5.69 Å². The van der Waals surface area contributed by atoms with E-state index in [1.54, 1.807) is 0 Å². The van der Waals surface area contributed by atoms with Crippen LogP contribution in [0.1, 0.15) is 25.8 Å². The zero-order valence-corrected chi connectivity index (χ0v) is 14.1. The van der Waals surface area contributed by atoms with Gasteiger partial charge < -0.3 is 15.8 Å². The van der Waals surface area contributed by atoms with Crippen LogP contribution >= 0.6 is 11.8 Å². The van der Waals surface area contributed by atoms with Crippen LogP contribution in [0.25, 0.3) is 0 Å². The largest absolute Gasteiger partial charge is 0.468 e. The topological polar surface area (TPSA) is 81.4 Å². The monoisotopic (exact) mass is 324 g/mol. The molecule has 122 valence electrons. The molecule has 3 N–H and O–H groups in total. The third kappa shape index (κ3) is 6.95. The highest BCUT2D eigenvalue weighted by atomic mass is 32.2. The fourth-order valence-electron chi connectivity index (χ4n) is 1.90. The minimum Gasteiger partial charge on any atom is -0.468 e. The molecule has 0 radical (unpaired) electrons. The van der Waals surface area contributed by atoms with Crippen molar-refractivity contribution >= 4 is 29.3 Å². The van der Waals surface area contributed by atoms with Crippen molar-refractivity contribution in [3.8, 4) is 0 Å². The SMILES string of the molecule is COC(=O)CSCc1cccc(NC(=O)[C@@H](N)CC(C)C)c1. The first-order valence-electron chi connectivity index (χ1n) is 7.22. The van der Waals surface area contributed by atoms with Gasteiger partial charge in [-0.25, -0.2) is 0 Å². The van der Waals surface area contributed by atoms with E-state index in [4.69, 9.17) is 5.73 Å². The average molecular weight is 324 g/mol. The molecule has 0 fully saturated rings. The second-order valence-corrected chi connectivity index (χ2v) is 6.48. The summed E-state index contributed by atoms with van der Waals surface area (Å²) in [6.07, 6.45) is 0.653. The van der Waals surface area contributed by atoms with Gasteiger partial charge in [-0.1, -0.05) is 26.0 Å². The van der Waals surface area contributed by atoms with E-state index in [0.717, 1.165) is 11.3 Å². The summed E-state index contributed by atoms with van der Waals surface area (Å²) in [4.78, 5) is 23.1. The second kappa shape index (κ2) is 9.48. The van der Waals surface area contributed by atoms with Crippen LogP contribution in [0.3, 0.4) is 0 Å². The number of thioether (sulfide) groups is 1. The first kappa shape index (κ1) is 18.5. The Morgan fingerprint density at radius 3 is 2.73 bits per heavy atom. The molecule has 0 saturated carbocycles. The van der Waals surface area contributed by atoms with Gasteiger partial charge in [0.1, 0.15) is 0 Å². The number of ether oxygens (including phenoxy) is 1. The van der Waals surface area contributed by atoms with Gasteiger partial charge in [-0.3, -0.25) is 9.59 Å². The van der Waals surface area contributed by atoms with Crippen molar-refractivity contribution in [3.05, 3.63) is 29.8 Å². The summed E-state index contributed by atoms with van der Waals surface area (Å²) in [6, 6.07) is 7.04. The molecule has 0 aliphatic rings. The Balaban J connectivity index is 2.53. The molecule has 0 aromatic heterocycles. The number of hydrogen-bond donors (Lipinski definition) is 2. The van der Waals surface area contributed by atoms with Gasteiger partial charge in [0.15, 0.2) is 0 Å². The molecule has 0 spiro atoms. The second-order valence-electron chi connectivity index (χ2n) is 5.49. The normalized spacial score (nSPS) is 12.0. The smallest absolute Gasteiger partial charge is 0.315 e. The van der Waals surface area contributed by atoms with E-state index in [0.29, 0.717) is 23.8 Å². The quantitative estimate of drug-likeness (QED) is 0.718. The van der Waals surface area contributed by atoms with Gasteiger partial charge in [0, 0.05) is 11.4 Å². The Bertz CT molecular complexity index is 506. The molecule has 22 heavy (non-hydrogen) atoms. The maximum absolute atomic E-state index is 12.0. The first-order valence-corrected chi connectivity index (χ1v) is 8.37. The van der Waals surface area contributed by atoms with Gasteiger partial charge >= 0.3 is 5.97 Å². The number of carbonyl (C=O) groups is 2. The van der Waals surface area contributed by atoms with Crippen LogP contribution in [0, 0.1) is 5.92 Å². The third-order valence-electron chi connectivity index (χ3n) is 2.97. The van der Waals surface area contributed by atoms with Crippen LogP contribution in [0.15, 0.2) is 24.3 Å². The Morgan fingerprint density at radius 1 is 1.36 bits per heavy atom. The highest BCUT2D eigenvalue weighted by Crippen LogP contribution is 2.17. The number of nitrogens with one attached hydrogen (secondary N) is 1. The third-order valence-corrected chi connectivity index (χ3v) is 3.95. The summed E-state index contributed by atoms with van der Waals surface area (Å²) in [5, 5.41) is 2.83. The predicted octanol–water partition coefficient (Wildman–Crippen LogP) is 2.40. The molecular weight excluding hydrogens is 300 g/mol. The predicted molar refractivity (Wildman–Crippen MR) is 90.7 cm³/mol. The van der Waals surface area contributed by atoms with Gasteiger partial charge in [0.2, 0.25) is 5.91 Å². The van der Waals surface area contributed by atoms with Gasteiger partial charge in [-0.2, -0.15) is 0 Å². The Kier molecular flexibility index (Phi) is 7.98. The zero-order valence-electron chi connectivity index (χ0n) is 13.3. The Labute approximate surface area is 136 Å². The van der Waals surface area contributed by atoms with Gasteiger partial charge in [0.05, 0.1) is 18.9 Å². The Morgan fingerprint density at radius 2 is 2.09 bits per heavy atom. The van der Waals surface area contributed by atoms with Gasteiger partial charge in [0.25, 0.3) is 0 Å². The molecule has 1 atom stereocenters. The molecule has 1 rings (SSSR count). The molecule has 1 aromatic rings. The van der Waals surface area contributed by atoms with Crippen LogP contribution in [-0.2, 0) is 20.1 Å². The lowest BCUT2D eigenvalue weighted by Gasteiger charge is -2.14. The number of methoxy groups -OCH3 is 1. The molecule has 0 aliphatic heterocycles. The minimum atomic E-state index is -0.502. The van der Waals surface area contributed by atoms with Crippen molar-refractivity contribution in [2.24, 2.45) is 11.7 Å². The average Bonchev–Trinajstić information content (AvgIpc) is 2.46. The maximum atomic E-state index is 12.0. The minimum absolute atomic E-state index is 0.173. The number of hydrogen-bond acceptors (Lipinski definition) is 5. The van der Waals surface area contributed by atoms with Crippen LogP contribution in [0.2, 0.25) is 0 Å². The first-order chi connectivity index (χ1) is 10.4. The van der Waals surface area contributed by atoms with Crippen molar-refractivity contribution in [2.45, 2.75) is 32.1 Å². The molecule has 0 heterocycles.